The summed E-state index contributed by atoms with van der Waals surface area (Å²) >= 11 is 0. The van der Waals surface area contributed by atoms with E-state index in [4.69, 9.17) is 9.47 Å². The maximum atomic E-state index is 11.6. The highest BCUT2D eigenvalue weighted by atomic mass is 16.5. The van der Waals surface area contributed by atoms with E-state index in [1.807, 2.05) is 18.2 Å². The molecular formula is C16H24N4O3. The number of ether oxygens (including phenoxy) is 2. The lowest BCUT2D eigenvalue weighted by molar-refractivity contribution is -0.120. The van der Waals surface area contributed by atoms with Crippen molar-refractivity contribution in [2.45, 2.75) is 12.5 Å². The van der Waals surface area contributed by atoms with Gasteiger partial charge < -0.3 is 25.4 Å². The second-order valence-corrected chi connectivity index (χ2v) is 5.20. The summed E-state index contributed by atoms with van der Waals surface area (Å²) in [5.41, 5.74) is 1.22. The molecule has 2 rings (SSSR count). The fraction of sp³-hybridized carbons (Fsp3) is 0.500. The quantitative estimate of drug-likeness (QED) is 0.372. The number of nitrogens with zero attached hydrogens (tertiary/aromatic N) is 1. The first-order valence-corrected chi connectivity index (χ1v) is 7.67. The molecule has 1 aromatic carbocycles. The molecule has 1 heterocycles. The van der Waals surface area contributed by atoms with Gasteiger partial charge in [0, 0.05) is 27.1 Å². The summed E-state index contributed by atoms with van der Waals surface area (Å²) in [5, 5.41) is 8.89. The Balaban J connectivity index is 1.67. The van der Waals surface area contributed by atoms with Crippen molar-refractivity contribution in [1.29, 1.82) is 0 Å². The van der Waals surface area contributed by atoms with Crippen LogP contribution in [-0.4, -0.2) is 58.4 Å². The number of fused-ring (bicyclic) bond motifs is 1. The number of para-hydroxylation sites is 1. The van der Waals surface area contributed by atoms with E-state index in [0.29, 0.717) is 25.7 Å². The molecule has 1 amide bonds. The standard InChI is InChI=1S/C16H24N4O3/c1-17-16(20-11-15(21)18-7-8-22-2)19-10-13-9-12-5-3-4-6-14(12)23-13/h3-6,13H,7-11H2,1-2H3,(H,18,21)(H2,17,19,20). The molecule has 1 unspecified atom stereocenters. The normalized spacial score (nSPS) is 16.4. The van der Waals surface area contributed by atoms with Crippen LogP contribution in [0.3, 0.4) is 0 Å². The van der Waals surface area contributed by atoms with Crippen LogP contribution in [0.1, 0.15) is 5.56 Å². The predicted molar refractivity (Wildman–Crippen MR) is 88.8 cm³/mol. The summed E-state index contributed by atoms with van der Waals surface area (Å²) in [5.74, 6) is 1.42. The van der Waals surface area contributed by atoms with Gasteiger partial charge in [-0.25, -0.2) is 0 Å². The summed E-state index contributed by atoms with van der Waals surface area (Å²) in [6.45, 7) is 1.78. The Morgan fingerprint density at radius 3 is 2.91 bits per heavy atom. The molecular weight excluding hydrogens is 296 g/mol. The van der Waals surface area contributed by atoms with Crippen molar-refractivity contribution in [1.82, 2.24) is 16.0 Å². The highest BCUT2D eigenvalue weighted by Gasteiger charge is 2.22. The van der Waals surface area contributed by atoms with Crippen LogP contribution in [0.4, 0.5) is 0 Å². The average molecular weight is 320 g/mol. The monoisotopic (exact) mass is 320 g/mol. The van der Waals surface area contributed by atoms with Gasteiger partial charge in [0.25, 0.3) is 0 Å². The van der Waals surface area contributed by atoms with Crippen LogP contribution >= 0.6 is 0 Å². The highest BCUT2D eigenvalue weighted by Crippen LogP contribution is 2.27. The zero-order valence-electron chi connectivity index (χ0n) is 13.6. The molecule has 0 saturated heterocycles. The molecule has 0 aromatic heterocycles. The summed E-state index contributed by atoms with van der Waals surface area (Å²) in [6.07, 6.45) is 0.944. The molecule has 126 valence electrons. The van der Waals surface area contributed by atoms with Gasteiger partial charge in [0.1, 0.15) is 11.9 Å². The zero-order chi connectivity index (χ0) is 16.5. The third-order valence-electron chi connectivity index (χ3n) is 3.48. The molecule has 23 heavy (non-hydrogen) atoms. The fourth-order valence-corrected chi connectivity index (χ4v) is 2.32. The minimum atomic E-state index is -0.102. The molecule has 0 saturated carbocycles. The van der Waals surface area contributed by atoms with E-state index in [1.54, 1.807) is 14.2 Å². The number of amides is 1. The SMILES string of the molecule is CN=C(NCC(=O)NCCOC)NCC1Cc2ccccc2O1. The number of carbonyl (C=O) groups is 1. The van der Waals surface area contributed by atoms with E-state index < -0.39 is 0 Å². The summed E-state index contributed by atoms with van der Waals surface area (Å²) < 4.78 is 10.7. The van der Waals surface area contributed by atoms with Crippen LogP contribution in [0.25, 0.3) is 0 Å². The van der Waals surface area contributed by atoms with Gasteiger partial charge in [-0.15, -0.1) is 0 Å². The maximum absolute atomic E-state index is 11.6. The summed E-state index contributed by atoms with van der Waals surface area (Å²) in [7, 11) is 3.27. The van der Waals surface area contributed by atoms with Gasteiger partial charge in [-0.3, -0.25) is 9.79 Å². The van der Waals surface area contributed by atoms with Gasteiger partial charge in [-0.05, 0) is 11.6 Å². The lowest BCUT2D eigenvalue weighted by Gasteiger charge is -2.15. The lowest BCUT2D eigenvalue weighted by atomic mass is 10.1. The molecule has 1 atom stereocenters. The van der Waals surface area contributed by atoms with E-state index in [0.717, 1.165) is 12.2 Å². The Labute approximate surface area is 136 Å². The van der Waals surface area contributed by atoms with Crippen LogP contribution in [-0.2, 0) is 16.0 Å². The fourth-order valence-electron chi connectivity index (χ4n) is 2.32. The van der Waals surface area contributed by atoms with Crippen molar-refractivity contribution >= 4 is 11.9 Å². The number of rotatable bonds is 7. The highest BCUT2D eigenvalue weighted by molar-refractivity contribution is 5.86. The number of guanidine groups is 1. The van der Waals surface area contributed by atoms with Crippen molar-refractivity contribution in [2.75, 3.05) is 40.4 Å². The van der Waals surface area contributed by atoms with Crippen molar-refractivity contribution in [2.24, 2.45) is 4.99 Å². The van der Waals surface area contributed by atoms with Crippen LogP contribution < -0.4 is 20.7 Å². The first-order valence-electron chi connectivity index (χ1n) is 7.67. The molecule has 0 fully saturated rings. The minimum absolute atomic E-state index is 0.0708. The van der Waals surface area contributed by atoms with Crippen LogP contribution in [0, 0.1) is 0 Å². The minimum Gasteiger partial charge on any atom is -0.488 e. The number of methoxy groups -OCH3 is 1. The third kappa shape index (κ3) is 5.45. The number of hydrogen-bond donors (Lipinski definition) is 3. The van der Waals surface area contributed by atoms with Crippen LogP contribution in [0.5, 0.6) is 5.75 Å². The van der Waals surface area contributed by atoms with Crippen molar-refractivity contribution in [3.05, 3.63) is 29.8 Å². The maximum Gasteiger partial charge on any atom is 0.239 e. The predicted octanol–water partition coefficient (Wildman–Crippen LogP) is -0.0823. The molecule has 1 aliphatic heterocycles. The number of aliphatic imine (C=N–C) groups is 1. The largest absolute Gasteiger partial charge is 0.488 e. The Bertz CT molecular complexity index is 523. The van der Waals surface area contributed by atoms with Gasteiger partial charge in [0.05, 0.1) is 19.7 Å². The topological polar surface area (TPSA) is 84.0 Å². The van der Waals surface area contributed by atoms with Gasteiger partial charge in [0.2, 0.25) is 5.91 Å². The van der Waals surface area contributed by atoms with E-state index in [9.17, 15) is 4.79 Å². The van der Waals surface area contributed by atoms with Crippen molar-refractivity contribution in [3.8, 4) is 5.75 Å². The smallest absolute Gasteiger partial charge is 0.239 e. The van der Waals surface area contributed by atoms with Gasteiger partial charge >= 0.3 is 0 Å². The third-order valence-corrected chi connectivity index (χ3v) is 3.48. The van der Waals surface area contributed by atoms with Crippen LogP contribution in [0.15, 0.2) is 29.3 Å². The van der Waals surface area contributed by atoms with E-state index in [2.05, 4.69) is 27.0 Å². The summed E-state index contributed by atoms with van der Waals surface area (Å²) in [4.78, 5) is 15.7. The van der Waals surface area contributed by atoms with Crippen LogP contribution in [0.2, 0.25) is 0 Å². The number of carbonyl (C=O) groups excluding carboxylic acids is 1. The molecule has 1 aliphatic rings. The molecule has 0 spiro atoms. The van der Waals surface area contributed by atoms with E-state index in [1.165, 1.54) is 5.56 Å². The van der Waals surface area contributed by atoms with E-state index >= 15 is 0 Å². The van der Waals surface area contributed by atoms with Crippen molar-refractivity contribution < 1.29 is 14.3 Å². The summed E-state index contributed by atoms with van der Waals surface area (Å²) in [6, 6.07) is 8.04. The Morgan fingerprint density at radius 2 is 2.17 bits per heavy atom. The Morgan fingerprint density at radius 1 is 1.35 bits per heavy atom. The zero-order valence-corrected chi connectivity index (χ0v) is 13.6. The van der Waals surface area contributed by atoms with Gasteiger partial charge in [-0.1, -0.05) is 18.2 Å². The molecule has 0 bridgehead atoms. The molecule has 0 aliphatic carbocycles. The number of nitrogens with one attached hydrogen (secondary N) is 3. The molecule has 1 aromatic rings. The number of benzene rings is 1. The second kappa shape index (κ2) is 8.99. The average Bonchev–Trinajstić information content (AvgIpc) is 2.98. The molecule has 7 nitrogen and oxygen atoms in total. The number of hydrogen-bond acceptors (Lipinski definition) is 4. The van der Waals surface area contributed by atoms with Gasteiger partial charge in [0.15, 0.2) is 5.96 Å². The molecule has 7 heteroatoms. The first kappa shape index (κ1) is 17.1. The van der Waals surface area contributed by atoms with E-state index in [-0.39, 0.29) is 18.6 Å². The molecule has 3 N–H and O–H groups in total. The van der Waals surface area contributed by atoms with Gasteiger partial charge in [-0.2, -0.15) is 0 Å². The Kier molecular flexibility index (Phi) is 6.68. The second-order valence-electron chi connectivity index (χ2n) is 5.20. The Hall–Kier alpha value is -2.28. The molecule has 0 radical (unpaired) electrons. The van der Waals surface area contributed by atoms with Crippen molar-refractivity contribution in [3.63, 3.8) is 0 Å². The lowest BCUT2D eigenvalue weighted by Crippen LogP contribution is -2.46. The first-order chi connectivity index (χ1) is 11.2.